The monoisotopic (exact) mass is 316 g/mol. The topological polar surface area (TPSA) is 77.9 Å². The standard InChI is InChI=1S/C13H17FN2O4S/c1-9-8-15(2)5-6-16(9)21(19,20)10-3-4-12(14)11(7-10)13(17)18/h3-4,7,9H,5-6,8H2,1-2H3,(H,17,18). The molecule has 0 aromatic heterocycles. The number of piperazine rings is 1. The molecule has 1 unspecified atom stereocenters. The van der Waals surface area contributed by atoms with Gasteiger partial charge >= 0.3 is 5.97 Å². The quantitative estimate of drug-likeness (QED) is 0.894. The minimum atomic E-state index is -3.83. The normalized spacial score (nSPS) is 21.4. The highest BCUT2D eigenvalue weighted by Crippen LogP contribution is 2.23. The first-order valence-electron chi connectivity index (χ1n) is 6.46. The molecule has 1 aliphatic heterocycles. The maximum Gasteiger partial charge on any atom is 0.338 e. The molecule has 1 saturated heterocycles. The molecule has 2 rings (SSSR count). The fourth-order valence-electron chi connectivity index (χ4n) is 2.44. The fourth-order valence-corrected chi connectivity index (χ4v) is 4.08. The fraction of sp³-hybridized carbons (Fsp3) is 0.462. The van der Waals surface area contributed by atoms with Crippen molar-refractivity contribution in [1.82, 2.24) is 9.21 Å². The number of carbonyl (C=O) groups is 1. The van der Waals surface area contributed by atoms with Crippen LogP contribution in [0.1, 0.15) is 17.3 Å². The molecule has 8 heteroatoms. The summed E-state index contributed by atoms with van der Waals surface area (Å²) in [6, 6.07) is 2.61. The molecule has 0 radical (unpaired) electrons. The Bertz CT molecular complexity index is 662. The molecule has 1 aromatic rings. The Balaban J connectivity index is 2.40. The van der Waals surface area contributed by atoms with Gasteiger partial charge in [0.05, 0.1) is 10.5 Å². The molecule has 21 heavy (non-hydrogen) atoms. The molecule has 0 spiro atoms. The molecule has 1 fully saturated rings. The van der Waals surface area contributed by atoms with Crippen molar-refractivity contribution in [3.05, 3.63) is 29.6 Å². The second-order valence-electron chi connectivity index (χ2n) is 5.17. The number of likely N-dealkylation sites (N-methyl/N-ethyl adjacent to an activating group) is 1. The molecule has 1 aromatic carbocycles. The summed E-state index contributed by atoms with van der Waals surface area (Å²) in [5.74, 6) is -2.44. The van der Waals surface area contributed by atoms with Crippen LogP contribution in [0.4, 0.5) is 4.39 Å². The molecule has 0 aliphatic carbocycles. The van der Waals surface area contributed by atoms with E-state index in [2.05, 4.69) is 0 Å². The van der Waals surface area contributed by atoms with Crippen LogP contribution in [0.25, 0.3) is 0 Å². The lowest BCUT2D eigenvalue weighted by molar-refractivity contribution is 0.0691. The smallest absolute Gasteiger partial charge is 0.338 e. The average Bonchev–Trinajstić information content (AvgIpc) is 2.38. The van der Waals surface area contributed by atoms with E-state index >= 15 is 0 Å². The maximum atomic E-state index is 13.4. The molecule has 1 heterocycles. The number of carboxylic acids is 1. The van der Waals surface area contributed by atoms with Gasteiger partial charge in [0, 0.05) is 25.7 Å². The number of halogens is 1. The molecule has 0 saturated carbocycles. The highest BCUT2D eigenvalue weighted by molar-refractivity contribution is 7.89. The summed E-state index contributed by atoms with van der Waals surface area (Å²) in [5, 5.41) is 8.90. The van der Waals surface area contributed by atoms with E-state index in [1.807, 2.05) is 11.9 Å². The number of sulfonamides is 1. The summed E-state index contributed by atoms with van der Waals surface area (Å²) in [6.07, 6.45) is 0. The van der Waals surface area contributed by atoms with Crippen LogP contribution in [0.3, 0.4) is 0 Å². The Morgan fingerprint density at radius 1 is 1.38 bits per heavy atom. The van der Waals surface area contributed by atoms with Gasteiger partial charge in [-0.1, -0.05) is 0 Å². The van der Waals surface area contributed by atoms with Crippen LogP contribution in [0.5, 0.6) is 0 Å². The zero-order valence-electron chi connectivity index (χ0n) is 11.8. The second-order valence-corrected chi connectivity index (χ2v) is 7.06. The van der Waals surface area contributed by atoms with Crippen molar-refractivity contribution in [2.75, 3.05) is 26.7 Å². The van der Waals surface area contributed by atoms with Gasteiger partial charge in [0.1, 0.15) is 5.82 Å². The van der Waals surface area contributed by atoms with Crippen molar-refractivity contribution in [2.45, 2.75) is 17.9 Å². The van der Waals surface area contributed by atoms with Gasteiger partial charge in [-0.05, 0) is 32.2 Å². The highest BCUT2D eigenvalue weighted by Gasteiger charge is 2.33. The lowest BCUT2D eigenvalue weighted by Gasteiger charge is -2.37. The summed E-state index contributed by atoms with van der Waals surface area (Å²) in [6.45, 7) is 3.29. The number of hydrogen-bond acceptors (Lipinski definition) is 4. The van der Waals surface area contributed by atoms with E-state index in [0.717, 1.165) is 18.2 Å². The zero-order valence-corrected chi connectivity index (χ0v) is 12.6. The minimum absolute atomic E-state index is 0.197. The molecule has 116 valence electrons. The van der Waals surface area contributed by atoms with Crippen LogP contribution in [0.15, 0.2) is 23.1 Å². The molecule has 1 aliphatic rings. The number of carboxylic acid groups (broad SMARTS) is 1. The first-order valence-corrected chi connectivity index (χ1v) is 7.90. The van der Waals surface area contributed by atoms with E-state index in [-0.39, 0.29) is 10.9 Å². The van der Waals surface area contributed by atoms with Gasteiger partial charge in [-0.25, -0.2) is 17.6 Å². The van der Waals surface area contributed by atoms with Crippen molar-refractivity contribution < 1.29 is 22.7 Å². The van der Waals surface area contributed by atoms with Crippen LogP contribution in [-0.2, 0) is 10.0 Å². The largest absolute Gasteiger partial charge is 0.478 e. The Kier molecular flexibility index (Phi) is 4.31. The summed E-state index contributed by atoms with van der Waals surface area (Å²) >= 11 is 0. The number of aromatic carboxylic acids is 1. The van der Waals surface area contributed by atoms with Crippen LogP contribution in [0.2, 0.25) is 0 Å². The minimum Gasteiger partial charge on any atom is -0.478 e. The SMILES string of the molecule is CC1CN(C)CCN1S(=O)(=O)c1ccc(F)c(C(=O)O)c1. The van der Waals surface area contributed by atoms with E-state index in [9.17, 15) is 17.6 Å². The van der Waals surface area contributed by atoms with Gasteiger partial charge in [-0.15, -0.1) is 0 Å². The van der Waals surface area contributed by atoms with Gasteiger partial charge < -0.3 is 10.0 Å². The Morgan fingerprint density at radius 2 is 2.05 bits per heavy atom. The van der Waals surface area contributed by atoms with Crippen molar-refractivity contribution in [1.29, 1.82) is 0 Å². The molecular formula is C13H17FN2O4S. The van der Waals surface area contributed by atoms with E-state index in [0.29, 0.717) is 19.6 Å². The van der Waals surface area contributed by atoms with E-state index in [1.165, 1.54) is 4.31 Å². The van der Waals surface area contributed by atoms with E-state index in [1.54, 1.807) is 6.92 Å². The lowest BCUT2D eigenvalue weighted by Crippen LogP contribution is -2.52. The lowest BCUT2D eigenvalue weighted by atomic mass is 10.2. The first-order chi connectivity index (χ1) is 9.73. The van der Waals surface area contributed by atoms with Gasteiger partial charge in [0.2, 0.25) is 10.0 Å². The van der Waals surface area contributed by atoms with E-state index in [4.69, 9.17) is 5.11 Å². The van der Waals surface area contributed by atoms with Crippen molar-refractivity contribution in [3.8, 4) is 0 Å². The first kappa shape index (κ1) is 15.9. The van der Waals surface area contributed by atoms with Crippen molar-refractivity contribution >= 4 is 16.0 Å². The van der Waals surface area contributed by atoms with Crippen LogP contribution in [0, 0.1) is 5.82 Å². The summed E-state index contributed by atoms with van der Waals surface area (Å²) in [7, 11) is -1.93. The van der Waals surface area contributed by atoms with Gasteiger partial charge in [-0.3, -0.25) is 0 Å². The number of rotatable bonds is 3. The number of hydrogen-bond donors (Lipinski definition) is 1. The van der Waals surface area contributed by atoms with Crippen molar-refractivity contribution in [3.63, 3.8) is 0 Å². The Morgan fingerprint density at radius 3 is 2.62 bits per heavy atom. The molecule has 0 bridgehead atoms. The second kappa shape index (κ2) is 5.70. The third-order valence-electron chi connectivity index (χ3n) is 3.54. The average molecular weight is 316 g/mol. The molecule has 1 N–H and O–H groups in total. The third-order valence-corrected chi connectivity index (χ3v) is 5.55. The zero-order chi connectivity index (χ0) is 15.8. The van der Waals surface area contributed by atoms with Crippen LogP contribution < -0.4 is 0 Å². The highest BCUT2D eigenvalue weighted by atomic mass is 32.2. The van der Waals surface area contributed by atoms with Crippen LogP contribution in [-0.4, -0.2) is 61.4 Å². The predicted molar refractivity (Wildman–Crippen MR) is 74.2 cm³/mol. The van der Waals surface area contributed by atoms with Gasteiger partial charge in [0.15, 0.2) is 0 Å². The van der Waals surface area contributed by atoms with Gasteiger partial charge in [-0.2, -0.15) is 4.31 Å². The van der Waals surface area contributed by atoms with E-state index < -0.39 is 27.4 Å². The summed E-state index contributed by atoms with van der Waals surface area (Å²) in [4.78, 5) is 12.8. The Labute approximate surface area is 122 Å². The summed E-state index contributed by atoms with van der Waals surface area (Å²) < 4.78 is 39.9. The molecule has 1 atom stereocenters. The molecular weight excluding hydrogens is 299 g/mol. The van der Waals surface area contributed by atoms with Crippen LogP contribution >= 0.6 is 0 Å². The third kappa shape index (κ3) is 3.07. The van der Waals surface area contributed by atoms with Gasteiger partial charge in [0.25, 0.3) is 0 Å². The molecule has 0 amide bonds. The number of benzene rings is 1. The van der Waals surface area contributed by atoms with Crippen molar-refractivity contribution in [2.24, 2.45) is 0 Å². The molecule has 6 nitrogen and oxygen atoms in total. The summed E-state index contributed by atoms with van der Waals surface area (Å²) in [5.41, 5.74) is -0.641. The maximum absolute atomic E-state index is 13.4. The number of nitrogens with zero attached hydrogens (tertiary/aromatic N) is 2. The Hall–Kier alpha value is -1.51. The predicted octanol–water partition coefficient (Wildman–Crippen LogP) is 0.849.